The lowest BCUT2D eigenvalue weighted by atomic mass is 10.2. The van der Waals surface area contributed by atoms with Crippen LogP contribution in [0, 0.1) is 6.92 Å². The van der Waals surface area contributed by atoms with Gasteiger partial charge in [0.05, 0.1) is 6.61 Å². The Morgan fingerprint density at radius 3 is 1.75 bits per heavy atom. The molecule has 0 radical (unpaired) electrons. The summed E-state index contributed by atoms with van der Waals surface area (Å²) in [6, 6.07) is 10.3. The number of methoxy groups -OCH3 is 1. The molecule has 0 fully saturated rings. The Morgan fingerprint density at radius 1 is 1.06 bits per heavy atom. The molecular weight excluding hydrogens is 198 g/mol. The molecule has 0 saturated heterocycles. The number of aryl methyl sites for hydroxylation is 1. The molecule has 1 rings (SSSR count). The van der Waals surface area contributed by atoms with Crippen LogP contribution < -0.4 is 0 Å². The lowest BCUT2D eigenvalue weighted by Crippen LogP contribution is -2.16. The first-order valence-electron chi connectivity index (χ1n) is 5.82. The molecule has 2 heteroatoms. The van der Waals surface area contributed by atoms with Crippen LogP contribution in [0.5, 0.6) is 0 Å². The molecule has 0 aromatic heterocycles. The van der Waals surface area contributed by atoms with E-state index < -0.39 is 0 Å². The predicted octanol–water partition coefficient (Wildman–Crippen LogP) is 3.22. The summed E-state index contributed by atoms with van der Waals surface area (Å²) in [7, 11) is 5.77. The van der Waals surface area contributed by atoms with Crippen LogP contribution >= 0.6 is 0 Å². The van der Waals surface area contributed by atoms with Gasteiger partial charge in [0.25, 0.3) is 0 Å². The van der Waals surface area contributed by atoms with E-state index in [1.54, 1.807) is 7.11 Å². The standard InChI is InChI=1S/C7H8.C5H13NO.C2H6/c1-7-5-3-2-4-6-7;1-6(2)4-5-7-3;1-2/h2-6H,1H3;4-5H2,1-3H3;1-2H3. The van der Waals surface area contributed by atoms with Crippen LogP contribution in [-0.2, 0) is 4.74 Å². The number of rotatable bonds is 3. The Kier molecular flexibility index (Phi) is 15.5. The summed E-state index contributed by atoms with van der Waals surface area (Å²) >= 11 is 0. The third-order valence-electron chi connectivity index (χ3n) is 1.68. The van der Waals surface area contributed by atoms with E-state index in [9.17, 15) is 0 Å². The van der Waals surface area contributed by atoms with E-state index in [-0.39, 0.29) is 0 Å². The molecule has 0 atom stereocenters. The summed E-state index contributed by atoms with van der Waals surface area (Å²) < 4.78 is 4.81. The largest absolute Gasteiger partial charge is 0.383 e. The van der Waals surface area contributed by atoms with Crippen LogP contribution in [0.25, 0.3) is 0 Å². The van der Waals surface area contributed by atoms with Crippen molar-refractivity contribution in [1.82, 2.24) is 4.90 Å². The molecule has 2 nitrogen and oxygen atoms in total. The summed E-state index contributed by atoms with van der Waals surface area (Å²) in [5.41, 5.74) is 1.32. The number of hydrogen-bond donors (Lipinski definition) is 0. The molecule has 0 aliphatic heterocycles. The number of ether oxygens (including phenoxy) is 1. The first kappa shape index (κ1) is 17.5. The second-order valence-electron chi connectivity index (χ2n) is 3.45. The average Bonchev–Trinajstić information content (AvgIpc) is 2.31. The molecule has 0 aliphatic carbocycles. The van der Waals surface area contributed by atoms with Gasteiger partial charge in [-0.3, -0.25) is 0 Å². The molecule has 1 aromatic carbocycles. The number of hydrogen-bond acceptors (Lipinski definition) is 2. The summed E-state index contributed by atoms with van der Waals surface area (Å²) in [6.45, 7) is 7.92. The monoisotopic (exact) mass is 225 g/mol. The third-order valence-corrected chi connectivity index (χ3v) is 1.68. The van der Waals surface area contributed by atoms with Gasteiger partial charge in [0.1, 0.15) is 0 Å². The molecule has 94 valence electrons. The Morgan fingerprint density at radius 2 is 1.56 bits per heavy atom. The average molecular weight is 225 g/mol. The topological polar surface area (TPSA) is 12.5 Å². The Labute approximate surface area is 101 Å². The number of likely N-dealkylation sites (N-methyl/N-ethyl adjacent to an activating group) is 1. The highest BCUT2D eigenvalue weighted by atomic mass is 16.5. The van der Waals surface area contributed by atoms with Crippen molar-refractivity contribution in [3.8, 4) is 0 Å². The molecule has 0 N–H and O–H groups in total. The van der Waals surface area contributed by atoms with Gasteiger partial charge >= 0.3 is 0 Å². The smallest absolute Gasteiger partial charge is 0.0589 e. The van der Waals surface area contributed by atoms with E-state index >= 15 is 0 Å². The van der Waals surface area contributed by atoms with E-state index in [1.807, 2.05) is 46.1 Å². The van der Waals surface area contributed by atoms with Crippen LogP contribution in [0.1, 0.15) is 19.4 Å². The van der Waals surface area contributed by atoms with E-state index in [1.165, 1.54) is 5.56 Å². The van der Waals surface area contributed by atoms with Gasteiger partial charge in [-0.2, -0.15) is 0 Å². The predicted molar refractivity (Wildman–Crippen MR) is 73.0 cm³/mol. The molecule has 0 aliphatic rings. The van der Waals surface area contributed by atoms with Gasteiger partial charge in [0.15, 0.2) is 0 Å². The van der Waals surface area contributed by atoms with Crippen molar-refractivity contribution in [2.75, 3.05) is 34.4 Å². The molecule has 0 saturated carbocycles. The zero-order valence-corrected chi connectivity index (χ0v) is 11.7. The maximum atomic E-state index is 4.81. The zero-order valence-electron chi connectivity index (χ0n) is 11.7. The number of nitrogens with zero attached hydrogens (tertiary/aromatic N) is 1. The second-order valence-corrected chi connectivity index (χ2v) is 3.45. The summed E-state index contributed by atoms with van der Waals surface area (Å²) in [5, 5.41) is 0. The molecular formula is C14H27NO. The lowest BCUT2D eigenvalue weighted by molar-refractivity contribution is 0.172. The molecule has 1 aromatic rings. The van der Waals surface area contributed by atoms with Gasteiger partial charge in [-0.05, 0) is 21.0 Å². The van der Waals surface area contributed by atoms with Crippen molar-refractivity contribution >= 4 is 0 Å². The SMILES string of the molecule is CC.COCCN(C)C.Cc1ccccc1. The minimum absolute atomic E-state index is 0.826. The van der Waals surface area contributed by atoms with Crippen LogP contribution in [0.2, 0.25) is 0 Å². The molecule has 16 heavy (non-hydrogen) atoms. The van der Waals surface area contributed by atoms with E-state index in [2.05, 4.69) is 24.0 Å². The zero-order chi connectivity index (χ0) is 12.8. The van der Waals surface area contributed by atoms with Crippen molar-refractivity contribution in [3.63, 3.8) is 0 Å². The van der Waals surface area contributed by atoms with Crippen LogP contribution in [0.4, 0.5) is 0 Å². The maximum absolute atomic E-state index is 4.81. The molecule has 0 unspecified atom stereocenters. The van der Waals surface area contributed by atoms with Gasteiger partial charge in [-0.25, -0.2) is 0 Å². The minimum Gasteiger partial charge on any atom is -0.383 e. The number of benzene rings is 1. The summed E-state index contributed by atoms with van der Waals surface area (Å²) in [4.78, 5) is 2.09. The molecule has 0 spiro atoms. The highest BCUT2D eigenvalue weighted by Crippen LogP contribution is 1.92. The van der Waals surface area contributed by atoms with Gasteiger partial charge in [0.2, 0.25) is 0 Å². The van der Waals surface area contributed by atoms with Gasteiger partial charge in [-0.1, -0.05) is 49.7 Å². The fourth-order valence-corrected chi connectivity index (χ4v) is 0.808. The maximum Gasteiger partial charge on any atom is 0.0589 e. The minimum atomic E-state index is 0.826. The molecule has 0 amide bonds. The van der Waals surface area contributed by atoms with Crippen molar-refractivity contribution in [2.45, 2.75) is 20.8 Å². The van der Waals surface area contributed by atoms with Crippen molar-refractivity contribution < 1.29 is 4.74 Å². The van der Waals surface area contributed by atoms with Crippen LogP contribution in [0.15, 0.2) is 30.3 Å². The summed E-state index contributed by atoms with van der Waals surface area (Å²) in [6.07, 6.45) is 0. The fraction of sp³-hybridized carbons (Fsp3) is 0.571. The summed E-state index contributed by atoms with van der Waals surface area (Å²) in [5.74, 6) is 0. The molecule has 0 bridgehead atoms. The van der Waals surface area contributed by atoms with Crippen LogP contribution in [0.3, 0.4) is 0 Å². The first-order valence-corrected chi connectivity index (χ1v) is 5.82. The van der Waals surface area contributed by atoms with E-state index in [0.717, 1.165) is 13.2 Å². The highest BCUT2D eigenvalue weighted by molar-refractivity contribution is 5.11. The van der Waals surface area contributed by atoms with Gasteiger partial charge < -0.3 is 9.64 Å². The van der Waals surface area contributed by atoms with Crippen molar-refractivity contribution in [3.05, 3.63) is 35.9 Å². The Hall–Kier alpha value is -0.860. The molecule has 0 heterocycles. The first-order chi connectivity index (χ1) is 7.66. The van der Waals surface area contributed by atoms with Crippen molar-refractivity contribution in [2.24, 2.45) is 0 Å². The lowest BCUT2D eigenvalue weighted by Gasteiger charge is -2.06. The highest BCUT2D eigenvalue weighted by Gasteiger charge is 1.83. The second kappa shape index (κ2) is 14.1. The van der Waals surface area contributed by atoms with E-state index in [4.69, 9.17) is 4.74 Å². The van der Waals surface area contributed by atoms with Crippen LogP contribution in [-0.4, -0.2) is 39.3 Å². The normalized spacial score (nSPS) is 8.69. The fourth-order valence-electron chi connectivity index (χ4n) is 0.808. The van der Waals surface area contributed by atoms with E-state index in [0.29, 0.717) is 0 Å². The quantitative estimate of drug-likeness (QED) is 0.783. The Balaban J connectivity index is 0. The van der Waals surface area contributed by atoms with Crippen molar-refractivity contribution in [1.29, 1.82) is 0 Å². The van der Waals surface area contributed by atoms with Gasteiger partial charge in [0, 0.05) is 13.7 Å². The third kappa shape index (κ3) is 15.6. The van der Waals surface area contributed by atoms with Gasteiger partial charge in [-0.15, -0.1) is 0 Å². The Bertz CT molecular complexity index is 209.